The molecule has 3 aliphatic rings. The standard InChI is InChI=1S/C19H27NO2/c21-19(16-6-2-1-3-7-16)10-4-5-15-13-20(14-18(15)19)17-8-11-22-12-9-17/h1-3,6-7,15,17-18,21H,4-5,8-14H2/t15-,18+,19+/m0/s1. The lowest BCUT2D eigenvalue weighted by Crippen LogP contribution is -2.43. The summed E-state index contributed by atoms with van der Waals surface area (Å²) in [4.78, 5) is 2.65. The second-order valence-corrected chi connectivity index (χ2v) is 7.35. The molecule has 1 saturated carbocycles. The summed E-state index contributed by atoms with van der Waals surface area (Å²) in [5.74, 6) is 1.05. The molecule has 0 amide bonds. The summed E-state index contributed by atoms with van der Waals surface area (Å²) in [6, 6.07) is 11.0. The van der Waals surface area contributed by atoms with Crippen LogP contribution < -0.4 is 0 Å². The number of hydrogen-bond donors (Lipinski definition) is 1. The van der Waals surface area contributed by atoms with Crippen LogP contribution in [0.4, 0.5) is 0 Å². The molecule has 0 aromatic heterocycles. The average Bonchev–Trinajstić information content (AvgIpc) is 3.02. The number of fused-ring (bicyclic) bond motifs is 1. The molecule has 120 valence electrons. The van der Waals surface area contributed by atoms with Crippen molar-refractivity contribution in [2.45, 2.75) is 43.7 Å². The van der Waals surface area contributed by atoms with E-state index in [1.54, 1.807) is 0 Å². The first kappa shape index (κ1) is 14.7. The van der Waals surface area contributed by atoms with Crippen molar-refractivity contribution in [3.63, 3.8) is 0 Å². The van der Waals surface area contributed by atoms with E-state index in [9.17, 15) is 5.11 Å². The minimum atomic E-state index is -0.621. The first-order chi connectivity index (χ1) is 10.8. The third-order valence-corrected chi connectivity index (χ3v) is 6.20. The maximum atomic E-state index is 11.5. The van der Waals surface area contributed by atoms with E-state index in [1.165, 1.54) is 13.0 Å². The topological polar surface area (TPSA) is 32.7 Å². The molecule has 0 spiro atoms. The van der Waals surface area contributed by atoms with E-state index < -0.39 is 5.60 Å². The molecule has 22 heavy (non-hydrogen) atoms. The molecular formula is C19H27NO2. The van der Waals surface area contributed by atoms with Crippen LogP contribution in [0.15, 0.2) is 30.3 Å². The number of ether oxygens (including phenoxy) is 1. The molecule has 4 rings (SSSR count). The summed E-state index contributed by atoms with van der Waals surface area (Å²) >= 11 is 0. The van der Waals surface area contributed by atoms with Crippen molar-refractivity contribution in [1.29, 1.82) is 0 Å². The van der Waals surface area contributed by atoms with E-state index in [0.29, 0.717) is 17.9 Å². The molecule has 2 aliphatic heterocycles. The smallest absolute Gasteiger partial charge is 0.0939 e. The maximum Gasteiger partial charge on any atom is 0.0939 e. The predicted molar refractivity (Wildman–Crippen MR) is 86.6 cm³/mol. The number of aliphatic hydroxyl groups is 1. The summed E-state index contributed by atoms with van der Waals surface area (Å²) in [5, 5.41) is 11.5. The number of hydrogen-bond acceptors (Lipinski definition) is 3. The van der Waals surface area contributed by atoms with Crippen molar-refractivity contribution in [2.75, 3.05) is 26.3 Å². The third kappa shape index (κ3) is 2.49. The highest BCUT2D eigenvalue weighted by Gasteiger charge is 2.50. The van der Waals surface area contributed by atoms with E-state index >= 15 is 0 Å². The van der Waals surface area contributed by atoms with Crippen LogP contribution in [0.2, 0.25) is 0 Å². The van der Waals surface area contributed by atoms with E-state index in [2.05, 4.69) is 29.2 Å². The molecule has 3 atom stereocenters. The van der Waals surface area contributed by atoms with Crippen LogP contribution in [0.3, 0.4) is 0 Å². The fraction of sp³-hybridized carbons (Fsp3) is 0.684. The van der Waals surface area contributed by atoms with Crippen LogP contribution >= 0.6 is 0 Å². The minimum Gasteiger partial charge on any atom is -0.385 e. The Morgan fingerprint density at radius 3 is 2.59 bits per heavy atom. The third-order valence-electron chi connectivity index (χ3n) is 6.20. The molecule has 0 radical (unpaired) electrons. The lowest BCUT2D eigenvalue weighted by atomic mass is 9.67. The fourth-order valence-electron chi connectivity index (χ4n) is 4.99. The van der Waals surface area contributed by atoms with Gasteiger partial charge in [0.05, 0.1) is 5.60 Å². The Bertz CT molecular complexity index is 499. The first-order valence-electron chi connectivity index (χ1n) is 8.87. The van der Waals surface area contributed by atoms with Crippen molar-refractivity contribution in [3.05, 3.63) is 35.9 Å². The molecular weight excluding hydrogens is 274 g/mol. The van der Waals surface area contributed by atoms with E-state index in [1.807, 2.05) is 6.07 Å². The molecule has 3 fully saturated rings. The zero-order valence-corrected chi connectivity index (χ0v) is 13.3. The van der Waals surface area contributed by atoms with Crippen LogP contribution in [0, 0.1) is 11.8 Å². The predicted octanol–water partition coefficient (Wildman–Crippen LogP) is 2.79. The summed E-state index contributed by atoms with van der Waals surface area (Å²) in [6.45, 7) is 4.03. The normalized spacial score (nSPS) is 37.1. The molecule has 2 heterocycles. The van der Waals surface area contributed by atoms with Gasteiger partial charge in [-0.2, -0.15) is 0 Å². The van der Waals surface area contributed by atoms with Gasteiger partial charge in [-0.1, -0.05) is 30.3 Å². The van der Waals surface area contributed by atoms with Gasteiger partial charge < -0.3 is 9.84 Å². The molecule has 3 heteroatoms. The summed E-state index contributed by atoms with van der Waals surface area (Å²) < 4.78 is 5.51. The van der Waals surface area contributed by atoms with E-state index in [-0.39, 0.29) is 0 Å². The van der Waals surface area contributed by atoms with E-state index in [4.69, 9.17) is 4.74 Å². The van der Waals surface area contributed by atoms with Gasteiger partial charge in [0.15, 0.2) is 0 Å². The first-order valence-corrected chi connectivity index (χ1v) is 8.87. The minimum absolute atomic E-state index is 0.395. The quantitative estimate of drug-likeness (QED) is 0.912. The highest BCUT2D eigenvalue weighted by molar-refractivity contribution is 5.25. The van der Waals surface area contributed by atoms with Gasteiger partial charge in [0.2, 0.25) is 0 Å². The monoisotopic (exact) mass is 301 g/mol. The largest absolute Gasteiger partial charge is 0.385 e. The van der Waals surface area contributed by atoms with Gasteiger partial charge in [-0.15, -0.1) is 0 Å². The Hall–Kier alpha value is -0.900. The number of likely N-dealkylation sites (tertiary alicyclic amines) is 1. The molecule has 1 aliphatic carbocycles. The van der Waals surface area contributed by atoms with Gasteiger partial charge in [0, 0.05) is 38.3 Å². The molecule has 0 unspecified atom stereocenters. The Balaban J connectivity index is 1.56. The van der Waals surface area contributed by atoms with Crippen molar-refractivity contribution in [3.8, 4) is 0 Å². The molecule has 0 bridgehead atoms. The average molecular weight is 301 g/mol. The highest BCUT2D eigenvalue weighted by atomic mass is 16.5. The Kier molecular flexibility index (Phi) is 3.97. The number of nitrogens with zero attached hydrogens (tertiary/aromatic N) is 1. The summed E-state index contributed by atoms with van der Waals surface area (Å²) in [5.41, 5.74) is 0.503. The van der Waals surface area contributed by atoms with Crippen molar-refractivity contribution in [2.24, 2.45) is 11.8 Å². The van der Waals surface area contributed by atoms with Crippen LogP contribution in [-0.2, 0) is 10.3 Å². The molecule has 1 aromatic carbocycles. The van der Waals surface area contributed by atoms with Gasteiger partial charge >= 0.3 is 0 Å². The number of benzene rings is 1. The van der Waals surface area contributed by atoms with Crippen molar-refractivity contribution >= 4 is 0 Å². The summed E-state index contributed by atoms with van der Waals surface area (Å²) in [7, 11) is 0. The fourth-order valence-corrected chi connectivity index (χ4v) is 4.99. The maximum absolute atomic E-state index is 11.5. The van der Waals surface area contributed by atoms with Gasteiger partial charge in [-0.25, -0.2) is 0 Å². The van der Waals surface area contributed by atoms with Gasteiger partial charge in [0.1, 0.15) is 0 Å². The number of rotatable bonds is 2. The Morgan fingerprint density at radius 2 is 1.82 bits per heavy atom. The SMILES string of the molecule is O[C@@]1(c2ccccc2)CCC[C@H]2CN(C3CCOCC3)C[C@H]21. The van der Waals surface area contributed by atoms with Crippen molar-refractivity contribution in [1.82, 2.24) is 4.90 Å². The second kappa shape index (κ2) is 5.95. The van der Waals surface area contributed by atoms with E-state index in [0.717, 1.165) is 51.0 Å². The zero-order valence-electron chi connectivity index (χ0n) is 13.3. The van der Waals surface area contributed by atoms with Gasteiger partial charge in [-0.05, 0) is 43.6 Å². The van der Waals surface area contributed by atoms with Crippen LogP contribution in [0.25, 0.3) is 0 Å². The van der Waals surface area contributed by atoms with Crippen LogP contribution in [-0.4, -0.2) is 42.4 Å². The molecule has 2 saturated heterocycles. The second-order valence-electron chi connectivity index (χ2n) is 7.35. The highest BCUT2D eigenvalue weighted by Crippen LogP contribution is 2.48. The molecule has 1 N–H and O–H groups in total. The summed E-state index contributed by atoms with van der Waals surface area (Å²) in [6.07, 6.45) is 5.65. The Labute approximate surface area is 133 Å². The zero-order chi connectivity index (χ0) is 15.0. The van der Waals surface area contributed by atoms with Crippen LogP contribution in [0.1, 0.15) is 37.7 Å². The van der Waals surface area contributed by atoms with Gasteiger partial charge in [-0.3, -0.25) is 4.90 Å². The Morgan fingerprint density at radius 1 is 1.05 bits per heavy atom. The van der Waals surface area contributed by atoms with Crippen molar-refractivity contribution < 1.29 is 9.84 Å². The molecule has 3 nitrogen and oxygen atoms in total. The molecule has 1 aromatic rings. The lowest BCUT2D eigenvalue weighted by molar-refractivity contribution is -0.0658. The lowest BCUT2D eigenvalue weighted by Gasteiger charge is -2.41. The van der Waals surface area contributed by atoms with Crippen LogP contribution in [0.5, 0.6) is 0 Å². The van der Waals surface area contributed by atoms with Gasteiger partial charge in [0.25, 0.3) is 0 Å².